The topological polar surface area (TPSA) is 12.5 Å². The number of nitrogens with zero attached hydrogens (tertiary/aromatic N) is 1. The van der Waals surface area contributed by atoms with Gasteiger partial charge in [-0.15, -0.1) is 0 Å². The maximum atomic E-state index is 5.62. The standard InChI is InChI=1S/C14H31NO/c1-5-6-7-8-9-12-16-13-10-11-15(4)14(2)3/h14H,5-13H2,1-4H3. The summed E-state index contributed by atoms with van der Waals surface area (Å²) in [7, 11) is 2.18. The first-order valence-corrected chi connectivity index (χ1v) is 6.96. The van der Waals surface area contributed by atoms with E-state index >= 15 is 0 Å². The lowest BCUT2D eigenvalue weighted by atomic mass is 10.2. The molecule has 16 heavy (non-hydrogen) atoms. The Hall–Kier alpha value is -0.0800. The Morgan fingerprint density at radius 2 is 1.56 bits per heavy atom. The van der Waals surface area contributed by atoms with Gasteiger partial charge in [-0.25, -0.2) is 0 Å². The van der Waals surface area contributed by atoms with Crippen LogP contribution in [0.15, 0.2) is 0 Å². The summed E-state index contributed by atoms with van der Waals surface area (Å²) in [6.45, 7) is 9.73. The normalized spacial score (nSPS) is 11.6. The van der Waals surface area contributed by atoms with Gasteiger partial charge in [0.1, 0.15) is 0 Å². The Kier molecular flexibility index (Phi) is 11.3. The summed E-state index contributed by atoms with van der Waals surface area (Å²) in [5.74, 6) is 0. The van der Waals surface area contributed by atoms with Crippen LogP contribution in [-0.4, -0.2) is 37.7 Å². The molecular weight excluding hydrogens is 198 g/mol. The first-order valence-electron chi connectivity index (χ1n) is 6.96. The molecule has 0 saturated heterocycles. The summed E-state index contributed by atoms with van der Waals surface area (Å²) in [6, 6.07) is 0.647. The molecule has 98 valence electrons. The Morgan fingerprint density at radius 3 is 2.19 bits per heavy atom. The minimum absolute atomic E-state index is 0.647. The van der Waals surface area contributed by atoms with E-state index in [0.29, 0.717) is 6.04 Å². The van der Waals surface area contributed by atoms with Gasteiger partial charge >= 0.3 is 0 Å². The van der Waals surface area contributed by atoms with Crippen LogP contribution in [0, 0.1) is 0 Å². The van der Waals surface area contributed by atoms with E-state index in [1.807, 2.05) is 0 Å². The molecule has 0 spiro atoms. The molecule has 0 aliphatic rings. The third-order valence-corrected chi connectivity index (χ3v) is 3.07. The SMILES string of the molecule is CCCCCCCOCCCN(C)C(C)C. The first-order chi connectivity index (χ1) is 7.68. The Bertz CT molecular complexity index is 137. The molecule has 0 amide bonds. The predicted octanol–water partition coefficient (Wildman–Crippen LogP) is 3.70. The highest BCUT2D eigenvalue weighted by atomic mass is 16.5. The van der Waals surface area contributed by atoms with Gasteiger partial charge in [-0.1, -0.05) is 32.6 Å². The largest absolute Gasteiger partial charge is 0.381 e. The van der Waals surface area contributed by atoms with Crippen LogP contribution >= 0.6 is 0 Å². The zero-order chi connectivity index (χ0) is 12.2. The molecule has 0 N–H and O–H groups in total. The maximum absolute atomic E-state index is 5.62. The van der Waals surface area contributed by atoms with Crippen LogP contribution in [-0.2, 0) is 4.74 Å². The fraction of sp³-hybridized carbons (Fsp3) is 1.00. The second kappa shape index (κ2) is 11.4. The molecule has 0 heterocycles. The molecule has 0 aliphatic carbocycles. The van der Waals surface area contributed by atoms with Gasteiger partial charge < -0.3 is 9.64 Å². The molecule has 0 rings (SSSR count). The average molecular weight is 229 g/mol. The predicted molar refractivity (Wildman–Crippen MR) is 72.0 cm³/mol. The van der Waals surface area contributed by atoms with Crippen LogP contribution in [0.5, 0.6) is 0 Å². The van der Waals surface area contributed by atoms with Gasteiger partial charge in [-0.05, 0) is 33.7 Å². The quantitative estimate of drug-likeness (QED) is 0.501. The van der Waals surface area contributed by atoms with Crippen LogP contribution < -0.4 is 0 Å². The number of ether oxygens (including phenoxy) is 1. The number of rotatable bonds is 11. The Balaban J connectivity index is 3.04. The summed E-state index contributed by atoms with van der Waals surface area (Å²) < 4.78 is 5.62. The van der Waals surface area contributed by atoms with E-state index < -0.39 is 0 Å². The molecule has 0 atom stereocenters. The van der Waals surface area contributed by atoms with Gasteiger partial charge in [0.05, 0.1) is 0 Å². The van der Waals surface area contributed by atoms with Crippen LogP contribution in [0.1, 0.15) is 59.3 Å². The summed E-state index contributed by atoms with van der Waals surface area (Å²) >= 11 is 0. The summed E-state index contributed by atoms with van der Waals surface area (Å²) in [5.41, 5.74) is 0. The third-order valence-electron chi connectivity index (χ3n) is 3.07. The van der Waals surface area contributed by atoms with Crippen molar-refractivity contribution in [3.8, 4) is 0 Å². The fourth-order valence-corrected chi connectivity index (χ4v) is 1.58. The molecule has 0 saturated carbocycles. The zero-order valence-electron chi connectivity index (χ0n) is 11.8. The van der Waals surface area contributed by atoms with Crippen molar-refractivity contribution in [3.05, 3.63) is 0 Å². The van der Waals surface area contributed by atoms with Crippen molar-refractivity contribution in [2.45, 2.75) is 65.3 Å². The zero-order valence-corrected chi connectivity index (χ0v) is 11.8. The highest BCUT2D eigenvalue weighted by molar-refractivity contribution is 4.55. The molecule has 2 heteroatoms. The van der Waals surface area contributed by atoms with E-state index in [4.69, 9.17) is 4.74 Å². The van der Waals surface area contributed by atoms with Crippen LogP contribution in [0.4, 0.5) is 0 Å². The molecule has 0 aliphatic heterocycles. The van der Waals surface area contributed by atoms with Crippen molar-refractivity contribution >= 4 is 0 Å². The second-order valence-electron chi connectivity index (χ2n) is 4.95. The average Bonchev–Trinajstić information content (AvgIpc) is 2.26. The molecule has 0 aromatic heterocycles. The van der Waals surface area contributed by atoms with Crippen molar-refractivity contribution in [1.29, 1.82) is 0 Å². The van der Waals surface area contributed by atoms with E-state index in [0.717, 1.165) is 26.2 Å². The lowest BCUT2D eigenvalue weighted by molar-refractivity contribution is 0.116. The lowest BCUT2D eigenvalue weighted by Crippen LogP contribution is -2.27. The van der Waals surface area contributed by atoms with Crippen molar-refractivity contribution in [3.63, 3.8) is 0 Å². The molecule has 0 aromatic rings. The van der Waals surface area contributed by atoms with Crippen LogP contribution in [0.3, 0.4) is 0 Å². The van der Waals surface area contributed by atoms with Crippen molar-refractivity contribution in [2.75, 3.05) is 26.8 Å². The van der Waals surface area contributed by atoms with E-state index in [-0.39, 0.29) is 0 Å². The van der Waals surface area contributed by atoms with Gasteiger partial charge in [0.15, 0.2) is 0 Å². The van der Waals surface area contributed by atoms with Gasteiger partial charge in [0.2, 0.25) is 0 Å². The third kappa shape index (κ3) is 10.4. The molecule has 0 radical (unpaired) electrons. The van der Waals surface area contributed by atoms with E-state index in [9.17, 15) is 0 Å². The number of unbranched alkanes of at least 4 members (excludes halogenated alkanes) is 4. The molecule has 0 bridgehead atoms. The molecule has 0 fully saturated rings. The maximum Gasteiger partial charge on any atom is 0.0478 e. The van der Waals surface area contributed by atoms with Gasteiger partial charge in [0.25, 0.3) is 0 Å². The first kappa shape index (κ1) is 15.9. The van der Waals surface area contributed by atoms with E-state index in [1.54, 1.807) is 0 Å². The van der Waals surface area contributed by atoms with E-state index in [2.05, 4.69) is 32.7 Å². The Morgan fingerprint density at radius 1 is 0.938 bits per heavy atom. The van der Waals surface area contributed by atoms with Crippen LogP contribution in [0.2, 0.25) is 0 Å². The molecule has 0 unspecified atom stereocenters. The van der Waals surface area contributed by atoms with Gasteiger partial charge in [-0.3, -0.25) is 0 Å². The summed E-state index contributed by atoms with van der Waals surface area (Å²) in [5, 5.41) is 0. The number of hydrogen-bond acceptors (Lipinski definition) is 2. The summed E-state index contributed by atoms with van der Waals surface area (Å²) in [6.07, 6.45) is 7.79. The van der Waals surface area contributed by atoms with Crippen LogP contribution in [0.25, 0.3) is 0 Å². The Labute approximate surface area is 102 Å². The molecule has 0 aromatic carbocycles. The highest BCUT2D eigenvalue weighted by Gasteiger charge is 2.01. The molecular formula is C14H31NO. The summed E-state index contributed by atoms with van der Waals surface area (Å²) in [4.78, 5) is 2.37. The molecule has 2 nitrogen and oxygen atoms in total. The van der Waals surface area contributed by atoms with Gasteiger partial charge in [0, 0.05) is 25.8 Å². The van der Waals surface area contributed by atoms with Crippen molar-refractivity contribution < 1.29 is 4.74 Å². The minimum atomic E-state index is 0.647. The van der Waals surface area contributed by atoms with Gasteiger partial charge in [-0.2, -0.15) is 0 Å². The van der Waals surface area contributed by atoms with E-state index in [1.165, 1.54) is 32.1 Å². The second-order valence-corrected chi connectivity index (χ2v) is 4.95. The highest BCUT2D eigenvalue weighted by Crippen LogP contribution is 2.02. The number of hydrogen-bond donors (Lipinski definition) is 0. The monoisotopic (exact) mass is 229 g/mol. The van der Waals surface area contributed by atoms with Crippen molar-refractivity contribution in [2.24, 2.45) is 0 Å². The lowest BCUT2D eigenvalue weighted by Gasteiger charge is -2.20. The minimum Gasteiger partial charge on any atom is -0.381 e. The van der Waals surface area contributed by atoms with Crippen molar-refractivity contribution in [1.82, 2.24) is 4.90 Å². The smallest absolute Gasteiger partial charge is 0.0478 e. The fourth-order valence-electron chi connectivity index (χ4n) is 1.58.